The highest BCUT2D eigenvalue weighted by Crippen LogP contribution is 2.30. The molecule has 0 spiro atoms. The first-order valence-electron chi connectivity index (χ1n) is 6.74. The largest absolute Gasteiger partial charge is 0.490 e. The molecule has 0 aromatic heterocycles. The van der Waals surface area contributed by atoms with Crippen molar-refractivity contribution in [2.24, 2.45) is 5.73 Å². The van der Waals surface area contributed by atoms with E-state index >= 15 is 0 Å². The summed E-state index contributed by atoms with van der Waals surface area (Å²) in [5.41, 5.74) is 6.18. The van der Waals surface area contributed by atoms with Crippen LogP contribution in [0.2, 0.25) is 0 Å². The molecule has 1 aliphatic heterocycles. The van der Waals surface area contributed by atoms with E-state index < -0.39 is 15.9 Å². The van der Waals surface area contributed by atoms with E-state index in [2.05, 4.69) is 0 Å². The molecule has 0 saturated carbocycles. The molecule has 1 aliphatic rings. The van der Waals surface area contributed by atoms with Gasteiger partial charge in [-0.2, -0.15) is 0 Å². The van der Waals surface area contributed by atoms with Crippen LogP contribution in [0.4, 0.5) is 0 Å². The van der Waals surface area contributed by atoms with Gasteiger partial charge in [0.2, 0.25) is 0 Å². The summed E-state index contributed by atoms with van der Waals surface area (Å²) >= 11 is 0. The molecule has 7 heteroatoms. The summed E-state index contributed by atoms with van der Waals surface area (Å²) in [5.74, 6) is 0.724. The molecule has 1 heterocycles. The molecule has 21 heavy (non-hydrogen) atoms. The van der Waals surface area contributed by atoms with Gasteiger partial charge in [0.25, 0.3) is 0 Å². The highest BCUT2D eigenvalue weighted by atomic mass is 32.2. The van der Waals surface area contributed by atoms with E-state index in [9.17, 15) is 13.2 Å². The number of carbonyl (C=O) groups excluding carboxylic acids is 1. The van der Waals surface area contributed by atoms with Gasteiger partial charge in [0.05, 0.1) is 25.0 Å². The van der Waals surface area contributed by atoms with E-state index in [1.54, 1.807) is 18.2 Å². The fraction of sp³-hybridized carbons (Fsp3) is 0.500. The second-order valence-electron chi connectivity index (χ2n) is 5.10. The molecule has 0 amide bonds. The van der Waals surface area contributed by atoms with Crippen LogP contribution in [-0.4, -0.2) is 45.5 Å². The summed E-state index contributed by atoms with van der Waals surface area (Å²) in [7, 11) is -3.13. The number of carbonyl (C=O) groups is 1. The number of Topliss-reactive ketones (excluding diaryl/α,β-unsaturated/α-hetero) is 1. The van der Waals surface area contributed by atoms with Gasteiger partial charge in [-0.15, -0.1) is 0 Å². The van der Waals surface area contributed by atoms with E-state index in [0.29, 0.717) is 30.3 Å². The number of sulfone groups is 1. The zero-order valence-electron chi connectivity index (χ0n) is 11.9. The third-order valence-corrected chi connectivity index (χ3v) is 4.15. The van der Waals surface area contributed by atoms with Crippen LogP contribution in [0.25, 0.3) is 0 Å². The second kappa shape index (κ2) is 6.44. The molecule has 1 aromatic rings. The average Bonchev–Trinajstić information content (AvgIpc) is 2.67. The fourth-order valence-corrected chi connectivity index (χ4v) is 2.68. The van der Waals surface area contributed by atoms with Crippen molar-refractivity contribution in [2.45, 2.75) is 18.9 Å². The fourth-order valence-electron chi connectivity index (χ4n) is 2.00. The first-order chi connectivity index (χ1) is 9.87. The molecule has 2 N–H and O–H groups in total. The Morgan fingerprint density at radius 2 is 1.95 bits per heavy atom. The highest BCUT2D eigenvalue weighted by Gasteiger charge is 2.20. The lowest BCUT2D eigenvalue weighted by Crippen LogP contribution is -2.32. The minimum Gasteiger partial charge on any atom is -0.490 e. The van der Waals surface area contributed by atoms with Crippen LogP contribution in [0.3, 0.4) is 0 Å². The van der Waals surface area contributed by atoms with Crippen LogP contribution in [0, 0.1) is 0 Å². The van der Waals surface area contributed by atoms with Crippen molar-refractivity contribution in [3.05, 3.63) is 23.8 Å². The highest BCUT2D eigenvalue weighted by molar-refractivity contribution is 7.90. The molecule has 6 nitrogen and oxygen atoms in total. The lowest BCUT2D eigenvalue weighted by atomic mass is 10.0. The molecule has 0 fully saturated rings. The van der Waals surface area contributed by atoms with Crippen molar-refractivity contribution >= 4 is 15.6 Å². The Morgan fingerprint density at radius 1 is 1.29 bits per heavy atom. The first-order valence-corrected chi connectivity index (χ1v) is 8.80. The van der Waals surface area contributed by atoms with E-state index in [0.717, 1.165) is 12.7 Å². The Balaban J connectivity index is 2.10. The summed E-state index contributed by atoms with van der Waals surface area (Å²) in [5, 5.41) is 0. The molecule has 0 radical (unpaired) electrons. The lowest BCUT2D eigenvalue weighted by molar-refractivity contribution is 0.0959. The Morgan fingerprint density at radius 3 is 2.62 bits per heavy atom. The standard InChI is InChI=1S/C14H19NO5S/c1-21(17,18)8-5-11(15)14(16)10-3-4-12-13(9-10)20-7-2-6-19-12/h3-4,9,11H,2,5-8,15H2,1H3. The Labute approximate surface area is 124 Å². The molecular weight excluding hydrogens is 294 g/mol. The van der Waals surface area contributed by atoms with E-state index in [-0.39, 0.29) is 18.0 Å². The Hall–Kier alpha value is -1.60. The van der Waals surface area contributed by atoms with Crippen LogP contribution in [-0.2, 0) is 9.84 Å². The van der Waals surface area contributed by atoms with Crippen LogP contribution in [0.15, 0.2) is 18.2 Å². The smallest absolute Gasteiger partial charge is 0.179 e. The molecule has 0 bridgehead atoms. The summed E-state index contributed by atoms with van der Waals surface area (Å²) in [6, 6.07) is 4.06. The van der Waals surface area contributed by atoms with Gasteiger partial charge in [-0.25, -0.2) is 8.42 Å². The minimum atomic E-state index is -3.13. The van der Waals surface area contributed by atoms with Gasteiger partial charge in [0, 0.05) is 18.2 Å². The first kappa shape index (κ1) is 15.8. The quantitative estimate of drug-likeness (QED) is 0.808. The van der Waals surface area contributed by atoms with Gasteiger partial charge in [-0.05, 0) is 24.6 Å². The molecule has 1 unspecified atom stereocenters. The van der Waals surface area contributed by atoms with Gasteiger partial charge in [-0.1, -0.05) is 0 Å². The maximum atomic E-state index is 12.2. The summed E-state index contributed by atoms with van der Waals surface area (Å²) < 4.78 is 33.3. The number of nitrogens with two attached hydrogens (primary N) is 1. The average molecular weight is 313 g/mol. The predicted molar refractivity (Wildman–Crippen MR) is 78.7 cm³/mol. The third kappa shape index (κ3) is 4.44. The van der Waals surface area contributed by atoms with Crippen molar-refractivity contribution in [3.63, 3.8) is 0 Å². The van der Waals surface area contributed by atoms with Crippen LogP contribution in [0.1, 0.15) is 23.2 Å². The predicted octanol–water partition coefficient (Wildman–Crippen LogP) is 0.793. The monoisotopic (exact) mass is 313 g/mol. The summed E-state index contributed by atoms with van der Waals surface area (Å²) in [6.07, 6.45) is 2.01. The number of fused-ring (bicyclic) bond motifs is 1. The van der Waals surface area contributed by atoms with Crippen molar-refractivity contribution in [3.8, 4) is 11.5 Å². The molecule has 2 rings (SSSR count). The van der Waals surface area contributed by atoms with Crippen molar-refractivity contribution in [1.29, 1.82) is 0 Å². The number of rotatable bonds is 5. The van der Waals surface area contributed by atoms with Crippen LogP contribution in [0.5, 0.6) is 11.5 Å². The SMILES string of the molecule is CS(=O)(=O)CCC(N)C(=O)c1ccc2c(c1)OCCCO2. The number of ketones is 1. The lowest BCUT2D eigenvalue weighted by Gasteiger charge is -2.12. The summed E-state index contributed by atoms with van der Waals surface area (Å²) in [4.78, 5) is 12.2. The maximum absolute atomic E-state index is 12.2. The van der Waals surface area contributed by atoms with E-state index in [1.165, 1.54) is 0 Å². The molecule has 1 aromatic carbocycles. The van der Waals surface area contributed by atoms with Crippen molar-refractivity contribution in [1.82, 2.24) is 0 Å². The van der Waals surface area contributed by atoms with Gasteiger partial charge < -0.3 is 15.2 Å². The van der Waals surface area contributed by atoms with Crippen molar-refractivity contribution in [2.75, 3.05) is 25.2 Å². The van der Waals surface area contributed by atoms with Gasteiger partial charge in [0.15, 0.2) is 17.3 Å². The van der Waals surface area contributed by atoms with Crippen molar-refractivity contribution < 1.29 is 22.7 Å². The zero-order valence-corrected chi connectivity index (χ0v) is 12.7. The van der Waals surface area contributed by atoms with Gasteiger partial charge in [0.1, 0.15) is 9.84 Å². The van der Waals surface area contributed by atoms with Gasteiger partial charge >= 0.3 is 0 Å². The summed E-state index contributed by atoms with van der Waals surface area (Å²) in [6.45, 7) is 1.11. The molecule has 116 valence electrons. The topological polar surface area (TPSA) is 95.7 Å². The number of hydrogen-bond donors (Lipinski definition) is 1. The second-order valence-corrected chi connectivity index (χ2v) is 7.36. The molecule has 1 atom stereocenters. The van der Waals surface area contributed by atoms with E-state index in [4.69, 9.17) is 15.2 Å². The van der Waals surface area contributed by atoms with Crippen LogP contribution < -0.4 is 15.2 Å². The molecule has 0 saturated heterocycles. The number of hydrogen-bond acceptors (Lipinski definition) is 6. The Bertz CT molecular complexity index is 626. The third-order valence-electron chi connectivity index (χ3n) is 3.17. The Kier molecular flexibility index (Phi) is 4.84. The maximum Gasteiger partial charge on any atom is 0.179 e. The molecular formula is C14H19NO5S. The minimum absolute atomic E-state index is 0.103. The number of benzene rings is 1. The number of ether oxygens (including phenoxy) is 2. The van der Waals surface area contributed by atoms with Gasteiger partial charge in [-0.3, -0.25) is 4.79 Å². The molecule has 0 aliphatic carbocycles. The normalized spacial score (nSPS) is 16.1. The van der Waals surface area contributed by atoms with Crippen LogP contribution >= 0.6 is 0 Å². The zero-order chi connectivity index (χ0) is 15.5. The van der Waals surface area contributed by atoms with E-state index in [1.807, 2.05) is 0 Å².